The van der Waals surface area contributed by atoms with E-state index in [4.69, 9.17) is 10.2 Å². The van der Waals surface area contributed by atoms with Crippen LogP contribution in [-0.4, -0.2) is 51.9 Å². The highest BCUT2D eigenvalue weighted by Gasteiger charge is 2.15. The van der Waals surface area contributed by atoms with Gasteiger partial charge in [0.1, 0.15) is 11.3 Å². The van der Waals surface area contributed by atoms with E-state index in [2.05, 4.69) is 39.0 Å². The highest BCUT2D eigenvalue weighted by molar-refractivity contribution is 5.95. The maximum atomic E-state index is 12.6. The van der Waals surface area contributed by atoms with Crippen LogP contribution in [0.4, 0.5) is 5.82 Å². The van der Waals surface area contributed by atoms with E-state index in [9.17, 15) is 4.79 Å². The molecule has 0 fully saturated rings. The number of nitrogens with zero attached hydrogens (tertiary/aromatic N) is 4. The lowest BCUT2D eigenvalue weighted by molar-refractivity contribution is 0.0949. The molecule has 4 aromatic rings. The van der Waals surface area contributed by atoms with E-state index in [0.717, 1.165) is 30.8 Å². The number of aromatic nitrogens is 3. The molecule has 0 aliphatic carbocycles. The topological polar surface area (TPSA) is 110 Å². The number of likely N-dealkylation sites (N-methyl/N-ethyl adjacent to an activating group) is 1. The fraction of sp³-hybridized carbons (Fsp3) is 0.250. The number of amides is 1. The number of nitrogens with one attached hydrogen (secondary N) is 1. The molecule has 0 unspecified atom stereocenters. The van der Waals surface area contributed by atoms with Gasteiger partial charge in [0.15, 0.2) is 5.58 Å². The number of oxazole rings is 1. The molecule has 3 N–H and O–H groups in total. The van der Waals surface area contributed by atoms with Crippen molar-refractivity contribution in [2.24, 2.45) is 0 Å². The van der Waals surface area contributed by atoms with E-state index >= 15 is 0 Å². The monoisotopic (exact) mass is 430 g/mol. The van der Waals surface area contributed by atoms with Crippen molar-refractivity contribution >= 4 is 22.8 Å². The molecule has 0 saturated carbocycles. The summed E-state index contributed by atoms with van der Waals surface area (Å²) in [5.74, 6) is 0.595. The van der Waals surface area contributed by atoms with Gasteiger partial charge in [-0.2, -0.15) is 0 Å². The number of benzene rings is 1. The van der Waals surface area contributed by atoms with Gasteiger partial charge in [-0.15, -0.1) is 0 Å². The van der Waals surface area contributed by atoms with Crippen LogP contribution in [0, 0.1) is 0 Å². The molecule has 3 aromatic heterocycles. The fourth-order valence-corrected chi connectivity index (χ4v) is 3.51. The van der Waals surface area contributed by atoms with Gasteiger partial charge in [0.05, 0.1) is 11.8 Å². The molecule has 0 aliphatic heterocycles. The summed E-state index contributed by atoms with van der Waals surface area (Å²) in [5.41, 5.74) is 10.2. The Kier molecular flexibility index (Phi) is 6.42. The molecule has 3 heterocycles. The molecule has 8 heteroatoms. The van der Waals surface area contributed by atoms with Gasteiger partial charge < -0.3 is 20.4 Å². The molecule has 0 spiro atoms. The Bertz CT molecular complexity index is 1200. The number of nitrogen functional groups attached to an aromatic ring is 1. The highest BCUT2D eigenvalue weighted by atomic mass is 16.3. The Hall–Kier alpha value is -3.78. The van der Waals surface area contributed by atoms with Crippen LogP contribution >= 0.6 is 0 Å². The molecule has 0 bridgehead atoms. The van der Waals surface area contributed by atoms with Crippen molar-refractivity contribution in [3.05, 3.63) is 60.6 Å². The third kappa shape index (κ3) is 4.60. The zero-order chi connectivity index (χ0) is 22.5. The zero-order valence-corrected chi connectivity index (χ0v) is 18.2. The second kappa shape index (κ2) is 9.57. The first-order valence-corrected chi connectivity index (χ1v) is 10.7. The standard InChI is InChI=1S/C24H26N6O2/c1-3-30(4-2)11-10-27-23(31)17-7-5-6-16(12-17)18-13-19(22(25)28-14-18)24-29-20-15-26-9-8-21(20)32-24/h5-9,12-15H,3-4,10-11H2,1-2H3,(H2,25,28)(H,27,31). The van der Waals surface area contributed by atoms with Gasteiger partial charge in [-0.25, -0.2) is 9.97 Å². The predicted octanol–water partition coefficient (Wildman–Crippen LogP) is 3.61. The molecule has 0 atom stereocenters. The number of hydrogen-bond acceptors (Lipinski definition) is 7. The number of carbonyl (C=O) groups excluding carboxylic acids is 1. The van der Waals surface area contributed by atoms with Crippen molar-refractivity contribution < 1.29 is 9.21 Å². The molecule has 8 nitrogen and oxygen atoms in total. The number of nitrogens with two attached hydrogens (primary N) is 1. The molecule has 0 saturated heterocycles. The first-order valence-electron chi connectivity index (χ1n) is 10.7. The van der Waals surface area contributed by atoms with E-state index < -0.39 is 0 Å². The predicted molar refractivity (Wildman–Crippen MR) is 125 cm³/mol. The fourth-order valence-electron chi connectivity index (χ4n) is 3.51. The lowest BCUT2D eigenvalue weighted by Gasteiger charge is -2.18. The van der Waals surface area contributed by atoms with Crippen molar-refractivity contribution in [3.8, 4) is 22.6 Å². The summed E-state index contributed by atoms with van der Waals surface area (Å²) in [7, 11) is 0. The first kappa shape index (κ1) is 21.5. The minimum absolute atomic E-state index is 0.103. The molecule has 1 amide bonds. The SMILES string of the molecule is CCN(CC)CCNC(=O)c1cccc(-c2cnc(N)c(-c3nc4cnccc4o3)c2)c1. The molecule has 0 aliphatic rings. The van der Waals surface area contributed by atoms with Crippen molar-refractivity contribution in [3.63, 3.8) is 0 Å². The Labute approximate surface area is 186 Å². The van der Waals surface area contributed by atoms with E-state index in [-0.39, 0.29) is 5.91 Å². The number of pyridine rings is 2. The van der Waals surface area contributed by atoms with Crippen LogP contribution in [0.25, 0.3) is 33.7 Å². The Morgan fingerprint density at radius 2 is 1.97 bits per heavy atom. The summed E-state index contributed by atoms with van der Waals surface area (Å²) in [4.78, 5) is 27.8. The summed E-state index contributed by atoms with van der Waals surface area (Å²) < 4.78 is 5.83. The summed E-state index contributed by atoms with van der Waals surface area (Å²) in [6, 6.07) is 11.1. The molecular weight excluding hydrogens is 404 g/mol. The Morgan fingerprint density at radius 1 is 1.12 bits per heavy atom. The average Bonchev–Trinajstić information content (AvgIpc) is 3.26. The number of fused-ring (bicyclic) bond motifs is 1. The van der Waals surface area contributed by atoms with Crippen molar-refractivity contribution in [2.75, 3.05) is 31.9 Å². The minimum atomic E-state index is -0.103. The lowest BCUT2D eigenvalue weighted by Crippen LogP contribution is -2.34. The Balaban J connectivity index is 1.56. The molecule has 164 valence electrons. The minimum Gasteiger partial charge on any atom is -0.436 e. The highest BCUT2D eigenvalue weighted by Crippen LogP contribution is 2.31. The zero-order valence-electron chi connectivity index (χ0n) is 18.2. The van der Waals surface area contributed by atoms with Crippen molar-refractivity contribution in [1.82, 2.24) is 25.2 Å². The molecule has 4 rings (SSSR count). The van der Waals surface area contributed by atoms with Crippen LogP contribution in [0.15, 0.2) is 59.4 Å². The van der Waals surface area contributed by atoms with Gasteiger partial charge in [-0.1, -0.05) is 26.0 Å². The van der Waals surface area contributed by atoms with Crippen LogP contribution in [0.2, 0.25) is 0 Å². The summed E-state index contributed by atoms with van der Waals surface area (Å²) in [5, 5.41) is 2.99. The third-order valence-corrected chi connectivity index (χ3v) is 5.40. The summed E-state index contributed by atoms with van der Waals surface area (Å²) in [6.45, 7) is 7.58. The van der Waals surface area contributed by atoms with Gasteiger partial charge in [0.25, 0.3) is 5.91 Å². The van der Waals surface area contributed by atoms with Gasteiger partial charge >= 0.3 is 0 Å². The van der Waals surface area contributed by atoms with E-state index in [1.807, 2.05) is 24.3 Å². The average molecular weight is 431 g/mol. The number of rotatable bonds is 8. The van der Waals surface area contributed by atoms with Gasteiger partial charge in [-0.3, -0.25) is 9.78 Å². The smallest absolute Gasteiger partial charge is 0.251 e. The molecular formula is C24H26N6O2. The second-order valence-electron chi connectivity index (χ2n) is 7.38. The van der Waals surface area contributed by atoms with E-state index in [1.165, 1.54) is 0 Å². The van der Waals surface area contributed by atoms with Crippen LogP contribution in [0.3, 0.4) is 0 Å². The largest absolute Gasteiger partial charge is 0.436 e. The first-order chi connectivity index (χ1) is 15.6. The van der Waals surface area contributed by atoms with Crippen LogP contribution in [-0.2, 0) is 0 Å². The quantitative estimate of drug-likeness (QED) is 0.439. The van der Waals surface area contributed by atoms with Crippen molar-refractivity contribution in [2.45, 2.75) is 13.8 Å². The second-order valence-corrected chi connectivity index (χ2v) is 7.38. The maximum Gasteiger partial charge on any atom is 0.251 e. The molecule has 32 heavy (non-hydrogen) atoms. The van der Waals surface area contributed by atoms with Gasteiger partial charge in [-0.05, 0) is 36.9 Å². The van der Waals surface area contributed by atoms with Gasteiger partial charge in [0.2, 0.25) is 5.89 Å². The van der Waals surface area contributed by atoms with Crippen LogP contribution in [0.5, 0.6) is 0 Å². The molecule has 0 radical (unpaired) electrons. The summed E-state index contributed by atoms with van der Waals surface area (Å²) in [6.07, 6.45) is 4.96. The molecule has 1 aromatic carbocycles. The number of carbonyl (C=O) groups is 1. The maximum absolute atomic E-state index is 12.6. The third-order valence-electron chi connectivity index (χ3n) is 5.40. The van der Waals surface area contributed by atoms with Gasteiger partial charge in [0, 0.05) is 42.7 Å². The van der Waals surface area contributed by atoms with E-state index in [0.29, 0.717) is 40.5 Å². The van der Waals surface area contributed by atoms with Crippen molar-refractivity contribution in [1.29, 1.82) is 0 Å². The number of anilines is 1. The normalized spacial score (nSPS) is 11.2. The van der Waals surface area contributed by atoms with E-state index in [1.54, 1.807) is 30.7 Å². The lowest BCUT2D eigenvalue weighted by atomic mass is 10.0. The number of hydrogen-bond donors (Lipinski definition) is 2. The summed E-state index contributed by atoms with van der Waals surface area (Å²) >= 11 is 0. The van der Waals surface area contributed by atoms with Crippen LogP contribution in [0.1, 0.15) is 24.2 Å². The Morgan fingerprint density at radius 3 is 2.75 bits per heavy atom. The van der Waals surface area contributed by atoms with Crippen LogP contribution < -0.4 is 11.1 Å².